The van der Waals surface area contributed by atoms with Gasteiger partial charge in [-0.15, -0.1) is 0 Å². The molecule has 2 nitrogen and oxygen atoms in total. The zero-order valence-corrected chi connectivity index (χ0v) is 31.9. The third kappa shape index (κ3) is 22.6. The highest BCUT2D eigenvalue weighted by Crippen LogP contribution is 2.22. The molecule has 4 heteroatoms. The van der Waals surface area contributed by atoms with Gasteiger partial charge in [-0.2, -0.15) is 0 Å². The van der Waals surface area contributed by atoms with Crippen molar-refractivity contribution in [2.75, 3.05) is 39.3 Å². The molecule has 0 aromatic heterocycles. The van der Waals surface area contributed by atoms with Crippen molar-refractivity contribution in [3.63, 3.8) is 0 Å². The molecule has 0 aliphatic rings. The molecule has 0 spiro atoms. The van der Waals surface area contributed by atoms with Crippen LogP contribution in [0.5, 0.6) is 0 Å². The zero-order valence-electron chi connectivity index (χ0n) is 31.9. The maximum Gasteiger partial charge on any atom is 0.105 e. The molecule has 0 bridgehead atoms. The lowest BCUT2D eigenvalue weighted by Gasteiger charge is -2.38. The van der Waals surface area contributed by atoms with Crippen LogP contribution in [-0.2, 0) is 13.1 Å². The van der Waals surface area contributed by atoms with Gasteiger partial charge in [0.15, 0.2) is 0 Å². The summed E-state index contributed by atoms with van der Waals surface area (Å²) in [4.78, 5) is 0. The Bertz CT molecular complexity index is 801. The van der Waals surface area contributed by atoms with Crippen molar-refractivity contribution >= 4 is 0 Å². The summed E-state index contributed by atoms with van der Waals surface area (Å²) in [6.07, 6.45) is 36.1. The van der Waals surface area contributed by atoms with Gasteiger partial charge in [-0.05, 0) is 50.0 Å². The summed E-state index contributed by atoms with van der Waals surface area (Å²) in [6.45, 7) is 29.7. The van der Waals surface area contributed by atoms with Crippen LogP contribution >= 0.6 is 0 Å². The number of unbranched alkanes of at least 4 members (excludes halogenated alkanes) is 18. The van der Waals surface area contributed by atoms with Crippen molar-refractivity contribution < 1.29 is 18.4 Å². The van der Waals surface area contributed by atoms with E-state index in [0.717, 1.165) is 48.2 Å². The molecule has 1 aromatic rings. The molecule has 0 atom stereocenters. The van der Waals surface area contributed by atoms with Crippen molar-refractivity contribution in [1.82, 2.24) is 0 Å². The second kappa shape index (κ2) is 32.2. The Morgan fingerprint density at radius 3 is 0.854 bits per heavy atom. The zero-order chi connectivity index (χ0) is 33.6. The molecule has 0 N–H and O–H groups in total. The first-order chi connectivity index (χ1) is 22.5. The predicted molar refractivity (Wildman–Crippen MR) is 208 cm³/mol. The lowest BCUT2D eigenvalue weighted by atomic mass is 10.0. The normalized spacial score (nSPS) is 11.4. The van der Waals surface area contributed by atoms with Crippen molar-refractivity contribution in [2.45, 2.75) is 155 Å². The molecule has 1 rings (SSSR count). The Morgan fingerprint density at radius 1 is 0.396 bits per heavy atom. The van der Waals surface area contributed by atoms with E-state index >= 15 is 0 Å². The number of benzene rings is 1. The van der Waals surface area contributed by atoms with Crippen LogP contribution in [0.25, 0.3) is 0 Å². The van der Waals surface area contributed by atoms with Crippen LogP contribution in [0.15, 0.2) is 74.9 Å². The van der Waals surface area contributed by atoms with Crippen molar-refractivity contribution in [3.8, 4) is 0 Å². The number of hydrogen-bond acceptors (Lipinski definition) is 0. The fraction of sp³-hybridized carbons (Fsp3) is 0.682. The lowest BCUT2D eigenvalue weighted by molar-refractivity contribution is -0.930. The molecule has 0 fully saturated rings. The smallest absolute Gasteiger partial charge is 0.105 e. The van der Waals surface area contributed by atoms with Crippen LogP contribution < -0.4 is 9.41 Å². The van der Waals surface area contributed by atoms with Crippen LogP contribution in [-0.4, -0.2) is 48.2 Å². The van der Waals surface area contributed by atoms with Crippen molar-refractivity contribution in [3.05, 3.63) is 86.0 Å². The van der Waals surface area contributed by atoms with E-state index in [1.54, 1.807) is 0 Å². The first-order valence-electron chi connectivity index (χ1n) is 19.7. The molecule has 1 aromatic carbocycles. The summed E-state index contributed by atoms with van der Waals surface area (Å²) < 4.78 is 2.07. The van der Waals surface area contributed by atoms with E-state index in [9.17, 15) is 0 Å². The molecule has 0 saturated heterocycles. The fourth-order valence-corrected chi connectivity index (χ4v) is 7.42. The SMILES string of the molecule is C=CC[N+](CC=C)(CCCCCCCCCCCC)Cc1ccc(C[N+](CC=C)(CC=C)CCCCCCCCCCCC)cc1.[F-].[F-]. The highest BCUT2D eigenvalue weighted by molar-refractivity contribution is 5.21. The average molecular weight is 673 g/mol. The summed E-state index contributed by atoms with van der Waals surface area (Å²) in [6, 6.07) is 9.57. The van der Waals surface area contributed by atoms with Gasteiger partial charge in [-0.25, -0.2) is 0 Å². The standard InChI is InChI=1S/C44H78N2.2FH/c1-7-13-15-17-19-21-23-25-27-29-39-45(35-9-3,36-10-4)41-43-31-33-44(34-32-43)42-46(37-11-5,38-12-6)40-30-28-26-24-22-20-18-16-14-8-2;;/h9-12,31-34H,3-8,13-30,35-42H2,1-2H3;2*1H/q+2;;/p-2. The average Bonchev–Trinajstić information content (AvgIpc) is 3.04. The van der Waals surface area contributed by atoms with Gasteiger partial charge in [0.05, 0.1) is 39.3 Å². The fourth-order valence-electron chi connectivity index (χ4n) is 7.42. The van der Waals surface area contributed by atoms with Crippen molar-refractivity contribution in [2.24, 2.45) is 0 Å². The molecule has 0 aliphatic carbocycles. The van der Waals surface area contributed by atoms with E-state index in [2.05, 4.69) is 88.7 Å². The molecule has 0 heterocycles. The highest BCUT2D eigenvalue weighted by atomic mass is 19.0. The summed E-state index contributed by atoms with van der Waals surface area (Å²) in [7, 11) is 0. The van der Waals surface area contributed by atoms with Gasteiger partial charge in [0.2, 0.25) is 0 Å². The minimum atomic E-state index is 0. The van der Waals surface area contributed by atoms with Crippen LogP contribution in [0.2, 0.25) is 0 Å². The van der Waals surface area contributed by atoms with E-state index in [4.69, 9.17) is 0 Å². The molecule has 0 unspecified atom stereocenters. The second-order valence-electron chi connectivity index (χ2n) is 14.5. The van der Waals surface area contributed by atoms with Gasteiger partial charge in [-0.1, -0.05) is 167 Å². The van der Waals surface area contributed by atoms with Gasteiger partial charge in [-0.3, -0.25) is 0 Å². The van der Waals surface area contributed by atoms with Gasteiger partial charge < -0.3 is 18.4 Å². The van der Waals surface area contributed by atoms with Gasteiger partial charge in [0.1, 0.15) is 13.1 Å². The number of rotatable bonds is 34. The number of nitrogens with zero attached hydrogens (tertiary/aromatic N) is 2. The largest absolute Gasteiger partial charge is 1.00 e. The Hall–Kier alpha value is -2.04. The first-order valence-corrected chi connectivity index (χ1v) is 19.7. The minimum Gasteiger partial charge on any atom is -1.00 e. The number of quaternary nitrogens is 2. The maximum absolute atomic E-state index is 4.15. The lowest BCUT2D eigenvalue weighted by Crippen LogP contribution is -3.00. The predicted octanol–water partition coefficient (Wildman–Crippen LogP) is 6.91. The Balaban J connectivity index is 0. The third-order valence-corrected chi connectivity index (χ3v) is 10.1. The van der Waals surface area contributed by atoms with E-state index in [-0.39, 0.29) is 9.41 Å². The molecule has 0 amide bonds. The third-order valence-electron chi connectivity index (χ3n) is 10.1. The molecule has 0 aliphatic heterocycles. The van der Waals surface area contributed by atoms with E-state index < -0.39 is 0 Å². The summed E-state index contributed by atoms with van der Waals surface area (Å²) >= 11 is 0. The van der Waals surface area contributed by atoms with Crippen LogP contribution in [0.1, 0.15) is 153 Å². The molecule has 0 radical (unpaired) electrons. The molecular formula is C44H78F2N2. The van der Waals surface area contributed by atoms with Gasteiger partial charge in [0, 0.05) is 11.1 Å². The van der Waals surface area contributed by atoms with Crippen LogP contribution in [0, 0.1) is 0 Å². The maximum atomic E-state index is 4.15. The number of hydrogen-bond donors (Lipinski definition) is 0. The van der Waals surface area contributed by atoms with Gasteiger partial charge >= 0.3 is 0 Å². The first kappa shape index (κ1) is 48.1. The topological polar surface area (TPSA) is 0 Å². The molecule has 0 saturated carbocycles. The minimum absolute atomic E-state index is 0. The molecular weight excluding hydrogens is 594 g/mol. The monoisotopic (exact) mass is 673 g/mol. The van der Waals surface area contributed by atoms with Crippen molar-refractivity contribution in [1.29, 1.82) is 0 Å². The summed E-state index contributed by atoms with van der Waals surface area (Å²) in [5.74, 6) is 0. The number of halogens is 2. The quantitative estimate of drug-likeness (QED) is 0.0424. The summed E-state index contributed by atoms with van der Waals surface area (Å²) in [5, 5.41) is 0. The van der Waals surface area contributed by atoms with E-state index in [0.29, 0.717) is 0 Å². The molecule has 278 valence electrons. The molecule has 48 heavy (non-hydrogen) atoms. The second-order valence-corrected chi connectivity index (χ2v) is 14.5. The van der Waals surface area contributed by atoms with Gasteiger partial charge in [0.25, 0.3) is 0 Å². The summed E-state index contributed by atoms with van der Waals surface area (Å²) in [5.41, 5.74) is 2.86. The van der Waals surface area contributed by atoms with Crippen LogP contribution in [0.3, 0.4) is 0 Å². The van der Waals surface area contributed by atoms with E-state index in [1.807, 2.05) is 0 Å². The Morgan fingerprint density at radius 2 is 0.625 bits per heavy atom. The Labute approximate surface area is 298 Å². The van der Waals surface area contributed by atoms with E-state index in [1.165, 1.54) is 153 Å². The Kier molecular flexibility index (Phi) is 32.2. The highest BCUT2D eigenvalue weighted by Gasteiger charge is 2.27. The van der Waals surface area contributed by atoms with Crippen LogP contribution in [0.4, 0.5) is 0 Å².